The van der Waals surface area contributed by atoms with E-state index in [0.29, 0.717) is 35.1 Å². The van der Waals surface area contributed by atoms with Crippen molar-refractivity contribution in [2.24, 2.45) is 0 Å². The minimum atomic E-state index is -0.470. The van der Waals surface area contributed by atoms with Crippen LogP contribution in [0, 0.1) is 22.9 Å². The number of carbonyl (C=O) groups excluding carboxylic acids is 1. The summed E-state index contributed by atoms with van der Waals surface area (Å²) in [5.74, 6) is 0.128. The molecule has 2 heterocycles. The predicted molar refractivity (Wildman–Crippen MR) is 115 cm³/mol. The van der Waals surface area contributed by atoms with Gasteiger partial charge in [-0.1, -0.05) is 23.4 Å². The number of nitro benzene ring substituents is 1. The van der Waals surface area contributed by atoms with Crippen LogP contribution in [-0.4, -0.2) is 45.5 Å². The molecule has 0 bridgehead atoms. The zero-order chi connectivity index (χ0) is 22.7. The molecule has 166 valence electrons. The van der Waals surface area contributed by atoms with Crippen molar-refractivity contribution in [2.45, 2.75) is 25.7 Å². The number of nitrogens with one attached hydrogen (secondary N) is 1. The Morgan fingerprint density at radius 1 is 1.34 bits per heavy atom. The summed E-state index contributed by atoms with van der Waals surface area (Å²) < 4.78 is 18.9. The first-order chi connectivity index (χ1) is 15.4. The van der Waals surface area contributed by atoms with Gasteiger partial charge in [0.2, 0.25) is 17.6 Å². The van der Waals surface area contributed by atoms with E-state index in [-0.39, 0.29) is 29.9 Å². The van der Waals surface area contributed by atoms with Crippen molar-refractivity contribution in [2.75, 3.05) is 25.0 Å². The van der Waals surface area contributed by atoms with Crippen molar-refractivity contribution in [1.29, 1.82) is 0 Å². The number of aromatic nitrogens is 2. The van der Waals surface area contributed by atoms with E-state index in [1.54, 1.807) is 31.2 Å². The monoisotopic (exact) mass is 439 g/mol. The van der Waals surface area contributed by atoms with Crippen molar-refractivity contribution in [3.05, 3.63) is 69.9 Å². The lowest BCUT2D eigenvalue weighted by atomic mass is 9.98. The second-order valence-corrected chi connectivity index (χ2v) is 7.85. The fourth-order valence-electron chi connectivity index (χ4n) is 3.83. The lowest BCUT2D eigenvalue weighted by Gasteiger charge is -2.30. The van der Waals surface area contributed by atoms with Gasteiger partial charge in [0.15, 0.2) is 0 Å². The van der Waals surface area contributed by atoms with Gasteiger partial charge in [-0.3, -0.25) is 19.8 Å². The van der Waals surface area contributed by atoms with Gasteiger partial charge in [-0.05, 0) is 44.5 Å². The lowest BCUT2D eigenvalue weighted by Crippen LogP contribution is -2.39. The van der Waals surface area contributed by atoms with Gasteiger partial charge in [0.25, 0.3) is 5.69 Å². The number of amides is 1. The molecule has 0 spiro atoms. The van der Waals surface area contributed by atoms with Crippen LogP contribution in [0.1, 0.15) is 30.2 Å². The third-order valence-electron chi connectivity index (χ3n) is 5.44. The average Bonchev–Trinajstić information content (AvgIpc) is 3.25. The van der Waals surface area contributed by atoms with E-state index in [9.17, 15) is 19.3 Å². The molecule has 1 aromatic heterocycles. The van der Waals surface area contributed by atoms with Gasteiger partial charge in [0.1, 0.15) is 5.82 Å². The van der Waals surface area contributed by atoms with Gasteiger partial charge in [0, 0.05) is 29.4 Å². The highest BCUT2D eigenvalue weighted by Gasteiger charge is 2.27. The second-order valence-electron chi connectivity index (χ2n) is 7.85. The molecule has 2 aromatic carbocycles. The van der Waals surface area contributed by atoms with Gasteiger partial charge in [-0.15, -0.1) is 0 Å². The molecular formula is C22H22FN5O4. The number of halogens is 1. The second kappa shape index (κ2) is 9.23. The third-order valence-corrected chi connectivity index (χ3v) is 5.44. The van der Waals surface area contributed by atoms with Crippen LogP contribution in [0.3, 0.4) is 0 Å². The standard InChI is InChI=1S/C22H22FN5O4/c1-14-7-8-18(11-19(14)28(30)31)24-20(29)13-27-9-3-5-16(12-27)22-25-21(26-32-22)15-4-2-6-17(23)10-15/h2,4,6-8,10-11,16H,3,5,9,12-13H2,1H3,(H,24,29)/t16-/m1/s1. The molecule has 10 heteroatoms. The quantitative estimate of drug-likeness (QED) is 0.457. The number of benzene rings is 2. The maximum Gasteiger partial charge on any atom is 0.274 e. The van der Waals surface area contributed by atoms with Crippen molar-refractivity contribution < 1.29 is 18.6 Å². The Hall–Kier alpha value is -3.66. The van der Waals surface area contributed by atoms with Crippen LogP contribution in [-0.2, 0) is 4.79 Å². The summed E-state index contributed by atoms with van der Waals surface area (Å²) in [7, 11) is 0. The maximum absolute atomic E-state index is 13.5. The van der Waals surface area contributed by atoms with Crippen molar-refractivity contribution in [1.82, 2.24) is 15.0 Å². The Bertz CT molecular complexity index is 1150. The number of piperidine rings is 1. The lowest BCUT2D eigenvalue weighted by molar-refractivity contribution is -0.385. The first-order valence-electron chi connectivity index (χ1n) is 10.3. The van der Waals surface area contributed by atoms with Crippen LogP contribution in [0.15, 0.2) is 47.0 Å². The van der Waals surface area contributed by atoms with Crippen molar-refractivity contribution >= 4 is 17.3 Å². The van der Waals surface area contributed by atoms with Crippen LogP contribution < -0.4 is 5.32 Å². The van der Waals surface area contributed by atoms with E-state index < -0.39 is 4.92 Å². The molecule has 1 aliphatic heterocycles. The van der Waals surface area contributed by atoms with E-state index in [1.165, 1.54) is 18.2 Å². The molecule has 0 saturated carbocycles. The van der Waals surface area contributed by atoms with Gasteiger partial charge >= 0.3 is 0 Å². The van der Waals surface area contributed by atoms with Crippen LogP contribution in [0.2, 0.25) is 0 Å². The molecule has 3 aromatic rings. The Balaban J connectivity index is 1.38. The van der Waals surface area contributed by atoms with Gasteiger partial charge in [0.05, 0.1) is 17.4 Å². The number of aryl methyl sites for hydroxylation is 1. The van der Waals surface area contributed by atoms with Gasteiger partial charge in [-0.2, -0.15) is 4.98 Å². The predicted octanol–water partition coefficient (Wildman–Crippen LogP) is 3.91. The van der Waals surface area contributed by atoms with E-state index in [2.05, 4.69) is 15.5 Å². The van der Waals surface area contributed by atoms with Crippen LogP contribution >= 0.6 is 0 Å². The molecule has 1 atom stereocenters. The highest BCUT2D eigenvalue weighted by molar-refractivity contribution is 5.92. The normalized spacial score (nSPS) is 16.6. The number of hydrogen-bond donors (Lipinski definition) is 1. The number of hydrogen-bond acceptors (Lipinski definition) is 7. The molecule has 4 rings (SSSR count). The third kappa shape index (κ3) is 4.97. The number of nitro groups is 1. The average molecular weight is 439 g/mol. The maximum atomic E-state index is 13.5. The molecular weight excluding hydrogens is 417 g/mol. The summed E-state index contributed by atoms with van der Waals surface area (Å²) in [6.07, 6.45) is 1.69. The highest BCUT2D eigenvalue weighted by Crippen LogP contribution is 2.28. The summed E-state index contributed by atoms with van der Waals surface area (Å²) in [6.45, 7) is 3.09. The number of rotatable bonds is 6. The van der Waals surface area contributed by atoms with E-state index in [1.807, 2.05) is 4.90 Å². The van der Waals surface area contributed by atoms with E-state index in [0.717, 1.165) is 19.4 Å². The zero-order valence-corrected chi connectivity index (χ0v) is 17.5. The molecule has 1 aliphatic rings. The fourth-order valence-corrected chi connectivity index (χ4v) is 3.83. The van der Waals surface area contributed by atoms with Crippen LogP contribution in [0.5, 0.6) is 0 Å². The molecule has 9 nitrogen and oxygen atoms in total. The number of carbonyl (C=O) groups is 1. The largest absolute Gasteiger partial charge is 0.339 e. The first kappa shape index (κ1) is 21.6. The van der Waals surface area contributed by atoms with Gasteiger partial charge < -0.3 is 9.84 Å². The number of nitrogens with zero attached hydrogens (tertiary/aromatic N) is 4. The summed E-state index contributed by atoms with van der Waals surface area (Å²) in [5.41, 5.74) is 1.42. The van der Waals surface area contributed by atoms with Gasteiger partial charge in [-0.25, -0.2) is 4.39 Å². The molecule has 1 N–H and O–H groups in total. The Morgan fingerprint density at radius 2 is 2.19 bits per heavy atom. The first-order valence-corrected chi connectivity index (χ1v) is 10.3. The topological polar surface area (TPSA) is 114 Å². The molecule has 1 saturated heterocycles. The fraction of sp³-hybridized carbons (Fsp3) is 0.318. The van der Waals surface area contributed by atoms with Crippen molar-refractivity contribution in [3.8, 4) is 11.4 Å². The SMILES string of the molecule is Cc1ccc(NC(=O)CN2CCC[C@@H](c3nc(-c4cccc(F)c4)no3)C2)cc1[N+](=O)[O-]. The van der Waals surface area contributed by atoms with Crippen molar-refractivity contribution in [3.63, 3.8) is 0 Å². The summed E-state index contributed by atoms with van der Waals surface area (Å²) >= 11 is 0. The number of anilines is 1. The summed E-state index contributed by atoms with van der Waals surface area (Å²) in [4.78, 5) is 29.5. The minimum Gasteiger partial charge on any atom is -0.339 e. The zero-order valence-electron chi connectivity index (χ0n) is 17.5. The van der Waals surface area contributed by atoms with Crippen LogP contribution in [0.25, 0.3) is 11.4 Å². The Kier molecular flexibility index (Phi) is 6.22. The van der Waals surface area contributed by atoms with Crippen LogP contribution in [0.4, 0.5) is 15.8 Å². The molecule has 0 radical (unpaired) electrons. The van der Waals surface area contributed by atoms with E-state index >= 15 is 0 Å². The molecule has 0 unspecified atom stereocenters. The molecule has 0 aliphatic carbocycles. The molecule has 32 heavy (non-hydrogen) atoms. The smallest absolute Gasteiger partial charge is 0.274 e. The number of likely N-dealkylation sites (tertiary alicyclic amines) is 1. The molecule has 1 fully saturated rings. The molecule has 1 amide bonds. The Labute approximate surface area is 183 Å². The summed E-state index contributed by atoms with van der Waals surface area (Å²) in [6, 6.07) is 10.6. The highest BCUT2D eigenvalue weighted by atomic mass is 19.1. The minimum absolute atomic E-state index is 0.0354. The summed E-state index contributed by atoms with van der Waals surface area (Å²) in [5, 5.41) is 17.8. The Morgan fingerprint density at radius 3 is 2.97 bits per heavy atom. The van der Waals surface area contributed by atoms with E-state index in [4.69, 9.17) is 4.52 Å².